The van der Waals surface area contributed by atoms with Gasteiger partial charge in [0.05, 0.1) is 15.7 Å². The van der Waals surface area contributed by atoms with Gasteiger partial charge in [0.2, 0.25) is 5.91 Å². The summed E-state index contributed by atoms with van der Waals surface area (Å²) in [5, 5.41) is 6.60. The van der Waals surface area contributed by atoms with E-state index in [-0.39, 0.29) is 11.9 Å². The average molecular weight is 492 g/mol. The Bertz CT molecular complexity index is 922. The molecule has 0 saturated carbocycles. The molecule has 7 nitrogen and oxygen atoms in total. The van der Waals surface area contributed by atoms with E-state index >= 15 is 0 Å². The zero-order valence-corrected chi connectivity index (χ0v) is 20.6. The molecule has 0 unspecified atom stereocenters. The maximum absolute atomic E-state index is 12.6. The summed E-state index contributed by atoms with van der Waals surface area (Å²) in [5.41, 5.74) is 2.28. The van der Waals surface area contributed by atoms with Crippen LogP contribution in [0.25, 0.3) is 0 Å². The smallest absolute Gasteiger partial charge is 0.322 e. The molecule has 1 saturated heterocycles. The van der Waals surface area contributed by atoms with Crippen LogP contribution in [0, 0.1) is 0 Å². The van der Waals surface area contributed by atoms with Crippen molar-refractivity contribution in [3.8, 4) is 0 Å². The van der Waals surface area contributed by atoms with Gasteiger partial charge >= 0.3 is 6.03 Å². The van der Waals surface area contributed by atoms with Crippen LogP contribution in [0.15, 0.2) is 42.5 Å². The number of hydrogen-bond donors (Lipinski definition) is 2. The molecule has 2 aromatic rings. The van der Waals surface area contributed by atoms with Crippen LogP contribution in [0.3, 0.4) is 0 Å². The van der Waals surface area contributed by atoms with E-state index < -0.39 is 0 Å². The van der Waals surface area contributed by atoms with E-state index in [4.69, 9.17) is 23.2 Å². The normalized spacial score (nSPS) is 13.8. The van der Waals surface area contributed by atoms with Gasteiger partial charge in [-0.15, -0.1) is 0 Å². The van der Waals surface area contributed by atoms with Crippen LogP contribution in [0.4, 0.5) is 21.9 Å². The number of halogens is 2. The van der Waals surface area contributed by atoms with Crippen LogP contribution in [0.5, 0.6) is 0 Å². The average Bonchev–Trinajstić information content (AvgIpc) is 2.82. The number of hydrogen-bond acceptors (Lipinski definition) is 4. The Morgan fingerprint density at radius 2 is 1.52 bits per heavy atom. The van der Waals surface area contributed by atoms with Crippen LogP contribution >= 0.6 is 23.2 Å². The molecule has 0 bridgehead atoms. The van der Waals surface area contributed by atoms with Crippen LogP contribution in [-0.4, -0.2) is 67.6 Å². The summed E-state index contributed by atoms with van der Waals surface area (Å²) in [6.45, 7) is 9.43. The Labute approximate surface area is 205 Å². The van der Waals surface area contributed by atoms with E-state index in [1.54, 1.807) is 23.1 Å². The molecule has 9 heteroatoms. The van der Waals surface area contributed by atoms with Gasteiger partial charge in [-0.2, -0.15) is 0 Å². The standard InChI is InChI=1S/C24H31Cl2N5O2/c1-3-29(4-2)13-12-22(32)27-18-8-10-19(11-9-18)30-14-16-31(17-15-30)24(33)28-23-20(25)6-5-7-21(23)26/h5-11H,3-4,12-17H2,1-2H3,(H,27,32)(H,28,33). The molecule has 3 amide bonds. The minimum atomic E-state index is -0.215. The number of benzene rings is 2. The van der Waals surface area contributed by atoms with Gasteiger partial charge in [0.15, 0.2) is 0 Å². The largest absolute Gasteiger partial charge is 0.368 e. The molecule has 1 fully saturated rings. The van der Waals surface area contributed by atoms with E-state index in [0.717, 1.165) is 31.0 Å². The fourth-order valence-electron chi connectivity index (χ4n) is 3.75. The second-order valence-electron chi connectivity index (χ2n) is 7.87. The molecule has 1 heterocycles. The number of nitrogens with one attached hydrogen (secondary N) is 2. The quantitative estimate of drug-likeness (QED) is 0.543. The zero-order chi connectivity index (χ0) is 23.8. The molecule has 0 radical (unpaired) electrons. The topological polar surface area (TPSA) is 67.9 Å². The minimum absolute atomic E-state index is 0.0212. The Hall–Kier alpha value is -2.48. The number of amides is 3. The number of anilines is 3. The second-order valence-corrected chi connectivity index (χ2v) is 8.69. The van der Waals surface area contributed by atoms with Crippen LogP contribution < -0.4 is 15.5 Å². The molecule has 0 atom stereocenters. The van der Waals surface area contributed by atoms with Crippen LogP contribution in [-0.2, 0) is 4.79 Å². The summed E-state index contributed by atoms with van der Waals surface area (Å²) in [7, 11) is 0. The van der Waals surface area contributed by atoms with E-state index in [1.807, 2.05) is 24.3 Å². The van der Waals surface area contributed by atoms with Crippen molar-refractivity contribution < 1.29 is 9.59 Å². The van der Waals surface area contributed by atoms with Crippen molar-refractivity contribution in [2.24, 2.45) is 0 Å². The van der Waals surface area contributed by atoms with Crippen molar-refractivity contribution >= 4 is 52.2 Å². The molecule has 2 aromatic carbocycles. The predicted molar refractivity (Wildman–Crippen MR) is 137 cm³/mol. The van der Waals surface area contributed by atoms with Crippen molar-refractivity contribution in [3.05, 3.63) is 52.5 Å². The first-order valence-corrected chi connectivity index (χ1v) is 12.0. The maximum atomic E-state index is 12.6. The van der Waals surface area contributed by atoms with Gasteiger partial charge < -0.3 is 25.3 Å². The van der Waals surface area contributed by atoms with Gasteiger partial charge in [-0.3, -0.25) is 4.79 Å². The Morgan fingerprint density at radius 1 is 0.909 bits per heavy atom. The molecular weight excluding hydrogens is 461 g/mol. The minimum Gasteiger partial charge on any atom is -0.368 e. The number of nitrogens with zero attached hydrogens (tertiary/aromatic N) is 3. The third kappa shape index (κ3) is 7.00. The van der Waals surface area contributed by atoms with Gasteiger partial charge in [-0.1, -0.05) is 43.1 Å². The second kappa shape index (κ2) is 12.1. The number of para-hydroxylation sites is 1. The molecule has 33 heavy (non-hydrogen) atoms. The van der Waals surface area contributed by atoms with Crippen LogP contribution in [0.1, 0.15) is 20.3 Å². The lowest BCUT2D eigenvalue weighted by Gasteiger charge is -2.36. The van der Waals surface area contributed by atoms with Crippen molar-refractivity contribution in [2.45, 2.75) is 20.3 Å². The lowest BCUT2D eigenvalue weighted by atomic mass is 10.2. The number of carbonyl (C=O) groups is 2. The fraction of sp³-hybridized carbons (Fsp3) is 0.417. The number of urea groups is 1. The predicted octanol–water partition coefficient (Wildman–Crippen LogP) is 5.02. The highest BCUT2D eigenvalue weighted by molar-refractivity contribution is 6.39. The fourth-order valence-corrected chi connectivity index (χ4v) is 4.24. The van der Waals surface area contributed by atoms with Gasteiger partial charge in [-0.05, 0) is 49.5 Å². The summed E-state index contributed by atoms with van der Waals surface area (Å²) in [6.07, 6.45) is 0.479. The van der Waals surface area contributed by atoms with E-state index in [2.05, 4.69) is 34.3 Å². The molecule has 2 N–H and O–H groups in total. The van der Waals surface area contributed by atoms with E-state index in [9.17, 15) is 9.59 Å². The third-order valence-electron chi connectivity index (χ3n) is 5.83. The molecule has 0 spiro atoms. The molecular formula is C24H31Cl2N5O2. The lowest BCUT2D eigenvalue weighted by Crippen LogP contribution is -2.50. The zero-order valence-electron chi connectivity index (χ0n) is 19.1. The highest BCUT2D eigenvalue weighted by Crippen LogP contribution is 2.30. The monoisotopic (exact) mass is 491 g/mol. The summed E-state index contributed by atoms with van der Waals surface area (Å²) in [5.74, 6) is 0.0212. The summed E-state index contributed by atoms with van der Waals surface area (Å²) in [6, 6.07) is 12.7. The summed E-state index contributed by atoms with van der Waals surface area (Å²) < 4.78 is 0. The van der Waals surface area contributed by atoms with Gasteiger partial charge in [0.1, 0.15) is 0 Å². The molecule has 0 aliphatic carbocycles. The molecule has 1 aliphatic heterocycles. The SMILES string of the molecule is CCN(CC)CCC(=O)Nc1ccc(N2CCN(C(=O)Nc3c(Cl)cccc3Cl)CC2)cc1. The van der Waals surface area contributed by atoms with Gasteiger partial charge in [-0.25, -0.2) is 4.79 Å². The Kier molecular flexibility index (Phi) is 9.23. The Morgan fingerprint density at radius 3 is 2.09 bits per heavy atom. The number of piperazine rings is 1. The first-order valence-electron chi connectivity index (χ1n) is 11.3. The lowest BCUT2D eigenvalue weighted by molar-refractivity contribution is -0.116. The Balaban J connectivity index is 1.47. The molecule has 178 valence electrons. The van der Waals surface area contributed by atoms with Gasteiger partial charge in [0, 0.05) is 50.5 Å². The molecule has 0 aromatic heterocycles. The van der Waals surface area contributed by atoms with Crippen molar-refractivity contribution in [1.82, 2.24) is 9.80 Å². The first-order chi connectivity index (χ1) is 15.9. The highest BCUT2D eigenvalue weighted by Gasteiger charge is 2.22. The highest BCUT2D eigenvalue weighted by atomic mass is 35.5. The maximum Gasteiger partial charge on any atom is 0.322 e. The van der Waals surface area contributed by atoms with E-state index in [1.165, 1.54) is 0 Å². The van der Waals surface area contributed by atoms with Crippen molar-refractivity contribution in [2.75, 3.05) is 61.3 Å². The first kappa shape index (κ1) is 25.1. The van der Waals surface area contributed by atoms with Crippen molar-refractivity contribution in [1.29, 1.82) is 0 Å². The third-order valence-corrected chi connectivity index (χ3v) is 6.46. The number of carbonyl (C=O) groups excluding carboxylic acids is 2. The molecule has 1 aliphatic rings. The van der Waals surface area contributed by atoms with Crippen molar-refractivity contribution in [3.63, 3.8) is 0 Å². The molecule has 3 rings (SSSR count). The van der Waals surface area contributed by atoms with Gasteiger partial charge in [0.25, 0.3) is 0 Å². The summed E-state index contributed by atoms with van der Waals surface area (Å²) >= 11 is 12.3. The van der Waals surface area contributed by atoms with E-state index in [0.29, 0.717) is 48.3 Å². The summed E-state index contributed by atoms with van der Waals surface area (Å²) in [4.78, 5) is 31.0. The number of rotatable bonds is 8. The van der Waals surface area contributed by atoms with Crippen LogP contribution in [0.2, 0.25) is 10.0 Å².